The molecule has 0 amide bonds. The van der Waals surface area contributed by atoms with Crippen molar-refractivity contribution in [2.75, 3.05) is 0 Å². The minimum absolute atomic E-state index is 0.0169. The van der Waals surface area contributed by atoms with Crippen molar-refractivity contribution >= 4 is 5.97 Å². The van der Waals surface area contributed by atoms with Crippen molar-refractivity contribution in [2.24, 2.45) is 0 Å². The summed E-state index contributed by atoms with van der Waals surface area (Å²) in [5, 5.41) is 18.9. The van der Waals surface area contributed by atoms with E-state index in [1.54, 1.807) is 6.07 Å². The van der Waals surface area contributed by atoms with Gasteiger partial charge in [-0.05, 0) is 17.2 Å². The topological polar surface area (TPSA) is 66.8 Å². The Balaban J connectivity index is 2.51. The molecular formula is C13H16O4. The fourth-order valence-electron chi connectivity index (χ4n) is 2.46. The number of aromatic hydroxyl groups is 1. The lowest BCUT2D eigenvalue weighted by Gasteiger charge is -2.26. The van der Waals surface area contributed by atoms with Crippen LogP contribution in [0.4, 0.5) is 0 Å². The molecule has 2 N–H and O–H groups in total. The average Bonchev–Trinajstić information content (AvgIpc) is 2.61. The third-order valence-electron chi connectivity index (χ3n) is 3.16. The highest BCUT2D eigenvalue weighted by Crippen LogP contribution is 2.40. The van der Waals surface area contributed by atoms with Gasteiger partial charge in [-0.3, -0.25) is 4.79 Å². The van der Waals surface area contributed by atoms with Gasteiger partial charge in [0.15, 0.2) is 0 Å². The van der Waals surface area contributed by atoms with Crippen molar-refractivity contribution in [3.05, 3.63) is 28.8 Å². The summed E-state index contributed by atoms with van der Waals surface area (Å²) in [4.78, 5) is 10.9. The third-order valence-corrected chi connectivity index (χ3v) is 3.16. The van der Waals surface area contributed by atoms with E-state index in [1.807, 2.05) is 19.9 Å². The second-order valence-electron chi connectivity index (χ2n) is 5.04. The second kappa shape index (κ2) is 4.04. The molecule has 0 bridgehead atoms. The molecule has 0 atom stereocenters. The number of carboxylic acids is 1. The van der Waals surface area contributed by atoms with E-state index in [4.69, 9.17) is 9.84 Å². The molecule has 1 aliphatic rings. The zero-order chi connectivity index (χ0) is 12.6. The molecule has 0 spiro atoms. The number of benzene rings is 1. The molecule has 0 aliphatic carbocycles. The first-order chi connectivity index (χ1) is 7.92. The SMILES string of the molecule is CC(C)(CC(=O)O)c1c(O)ccc2c1COC2. The normalized spacial score (nSPS) is 14.7. The van der Waals surface area contributed by atoms with Gasteiger partial charge in [-0.15, -0.1) is 0 Å². The van der Waals surface area contributed by atoms with Crippen molar-refractivity contribution in [3.8, 4) is 5.75 Å². The summed E-state index contributed by atoms with van der Waals surface area (Å²) in [5.41, 5.74) is 2.08. The Morgan fingerprint density at radius 2 is 2.12 bits per heavy atom. The van der Waals surface area contributed by atoms with Crippen molar-refractivity contribution < 1.29 is 19.7 Å². The van der Waals surface area contributed by atoms with E-state index in [1.165, 1.54) is 0 Å². The van der Waals surface area contributed by atoms with Crippen molar-refractivity contribution in [1.82, 2.24) is 0 Å². The van der Waals surface area contributed by atoms with Crippen LogP contribution in [0.3, 0.4) is 0 Å². The lowest BCUT2D eigenvalue weighted by Crippen LogP contribution is -2.23. The molecule has 2 rings (SSSR count). The largest absolute Gasteiger partial charge is 0.508 e. The number of ether oxygens (including phenoxy) is 1. The Kier molecular flexibility index (Phi) is 2.83. The quantitative estimate of drug-likeness (QED) is 0.844. The first kappa shape index (κ1) is 11.9. The smallest absolute Gasteiger partial charge is 0.304 e. The fraction of sp³-hybridized carbons (Fsp3) is 0.462. The van der Waals surface area contributed by atoms with Gasteiger partial charge < -0.3 is 14.9 Å². The van der Waals surface area contributed by atoms with Gasteiger partial charge in [0, 0.05) is 11.0 Å². The van der Waals surface area contributed by atoms with Crippen LogP contribution in [0.2, 0.25) is 0 Å². The van der Waals surface area contributed by atoms with Crippen LogP contribution in [0.25, 0.3) is 0 Å². The fourth-order valence-corrected chi connectivity index (χ4v) is 2.46. The summed E-state index contributed by atoms with van der Waals surface area (Å²) in [6.45, 7) is 4.64. The molecule has 4 heteroatoms. The summed E-state index contributed by atoms with van der Waals surface area (Å²) in [7, 11) is 0. The number of hydrogen-bond acceptors (Lipinski definition) is 3. The van der Waals surface area contributed by atoms with Crippen LogP contribution in [0.15, 0.2) is 12.1 Å². The van der Waals surface area contributed by atoms with E-state index >= 15 is 0 Å². The zero-order valence-electron chi connectivity index (χ0n) is 9.99. The Morgan fingerprint density at radius 1 is 1.41 bits per heavy atom. The molecule has 92 valence electrons. The molecule has 1 aromatic rings. The predicted octanol–water partition coefficient (Wildman–Crippen LogP) is 2.17. The summed E-state index contributed by atoms with van der Waals surface area (Å²) in [6, 6.07) is 3.45. The van der Waals surface area contributed by atoms with Crippen LogP contribution in [-0.4, -0.2) is 16.2 Å². The van der Waals surface area contributed by atoms with Gasteiger partial charge >= 0.3 is 5.97 Å². The Morgan fingerprint density at radius 3 is 2.76 bits per heavy atom. The highest BCUT2D eigenvalue weighted by molar-refractivity contribution is 5.69. The van der Waals surface area contributed by atoms with Gasteiger partial charge in [0.2, 0.25) is 0 Å². The maximum absolute atomic E-state index is 10.9. The number of carbonyl (C=O) groups is 1. The molecule has 0 fully saturated rings. The zero-order valence-corrected chi connectivity index (χ0v) is 9.99. The maximum atomic E-state index is 10.9. The van der Waals surface area contributed by atoms with Crippen LogP contribution in [0.5, 0.6) is 5.75 Å². The van der Waals surface area contributed by atoms with Crippen LogP contribution in [0, 0.1) is 0 Å². The molecule has 0 radical (unpaired) electrons. The van der Waals surface area contributed by atoms with E-state index in [2.05, 4.69) is 0 Å². The maximum Gasteiger partial charge on any atom is 0.304 e. The number of phenolic OH excluding ortho intramolecular Hbond substituents is 1. The summed E-state index contributed by atoms with van der Waals surface area (Å²) >= 11 is 0. The highest BCUT2D eigenvalue weighted by atomic mass is 16.5. The summed E-state index contributed by atoms with van der Waals surface area (Å²) < 4.78 is 5.35. The number of hydrogen-bond donors (Lipinski definition) is 2. The van der Waals surface area contributed by atoms with E-state index in [9.17, 15) is 9.90 Å². The van der Waals surface area contributed by atoms with Crippen molar-refractivity contribution in [2.45, 2.75) is 38.9 Å². The molecule has 4 nitrogen and oxygen atoms in total. The minimum atomic E-state index is -0.870. The number of fused-ring (bicyclic) bond motifs is 1. The minimum Gasteiger partial charge on any atom is -0.508 e. The van der Waals surface area contributed by atoms with Gasteiger partial charge in [0.05, 0.1) is 19.6 Å². The van der Waals surface area contributed by atoms with Crippen molar-refractivity contribution in [1.29, 1.82) is 0 Å². The highest BCUT2D eigenvalue weighted by Gasteiger charge is 2.32. The molecular weight excluding hydrogens is 220 g/mol. The van der Waals surface area contributed by atoms with Crippen molar-refractivity contribution in [3.63, 3.8) is 0 Å². The van der Waals surface area contributed by atoms with E-state index < -0.39 is 11.4 Å². The Bertz CT molecular complexity index is 463. The Labute approximate surface area is 99.8 Å². The lowest BCUT2D eigenvalue weighted by molar-refractivity contribution is -0.138. The monoisotopic (exact) mass is 236 g/mol. The number of aliphatic carboxylic acids is 1. The molecule has 1 heterocycles. The van der Waals surface area contributed by atoms with Gasteiger partial charge in [0.1, 0.15) is 5.75 Å². The van der Waals surface area contributed by atoms with Crippen LogP contribution in [-0.2, 0) is 28.2 Å². The number of phenols is 1. The van der Waals surface area contributed by atoms with Crippen LogP contribution < -0.4 is 0 Å². The lowest BCUT2D eigenvalue weighted by atomic mass is 9.78. The molecule has 0 aromatic heterocycles. The van der Waals surface area contributed by atoms with E-state index in [-0.39, 0.29) is 12.2 Å². The van der Waals surface area contributed by atoms with Gasteiger partial charge in [-0.25, -0.2) is 0 Å². The number of rotatable bonds is 3. The van der Waals surface area contributed by atoms with Gasteiger partial charge in [-0.1, -0.05) is 19.9 Å². The van der Waals surface area contributed by atoms with Crippen LogP contribution >= 0.6 is 0 Å². The molecule has 0 saturated carbocycles. The molecule has 0 unspecified atom stereocenters. The molecule has 0 saturated heterocycles. The Hall–Kier alpha value is -1.55. The summed E-state index contributed by atoms with van der Waals surface area (Å²) in [5.74, 6) is -0.716. The molecule has 1 aliphatic heterocycles. The third kappa shape index (κ3) is 2.13. The average molecular weight is 236 g/mol. The van der Waals surface area contributed by atoms with E-state index in [0.717, 1.165) is 11.1 Å². The standard InChI is InChI=1S/C13H16O4/c1-13(2,5-11(15)16)12-9-7-17-6-8(9)3-4-10(12)14/h3-4,14H,5-7H2,1-2H3,(H,15,16). The first-order valence-electron chi connectivity index (χ1n) is 5.55. The first-order valence-corrected chi connectivity index (χ1v) is 5.55. The van der Waals surface area contributed by atoms with Gasteiger partial charge in [-0.2, -0.15) is 0 Å². The van der Waals surface area contributed by atoms with E-state index in [0.29, 0.717) is 18.8 Å². The number of carboxylic acid groups (broad SMARTS) is 1. The summed E-state index contributed by atoms with van der Waals surface area (Å²) in [6.07, 6.45) is -0.0169. The molecule has 1 aromatic carbocycles. The molecule has 17 heavy (non-hydrogen) atoms. The second-order valence-corrected chi connectivity index (χ2v) is 5.04. The predicted molar refractivity (Wildman–Crippen MR) is 61.9 cm³/mol. The van der Waals surface area contributed by atoms with Gasteiger partial charge in [0.25, 0.3) is 0 Å². The van der Waals surface area contributed by atoms with Crippen LogP contribution in [0.1, 0.15) is 37.0 Å².